The lowest BCUT2D eigenvalue weighted by atomic mass is 9.73. The van der Waals surface area contributed by atoms with Gasteiger partial charge in [-0.25, -0.2) is 13.2 Å². The van der Waals surface area contributed by atoms with E-state index in [1.165, 1.54) is 6.07 Å². The van der Waals surface area contributed by atoms with Crippen LogP contribution >= 0.6 is 0 Å². The van der Waals surface area contributed by atoms with Gasteiger partial charge in [-0.1, -0.05) is 6.07 Å². The molecule has 0 aliphatic heterocycles. The van der Waals surface area contributed by atoms with Gasteiger partial charge in [0, 0.05) is 18.9 Å². The predicted molar refractivity (Wildman–Crippen MR) is 46.4 cm³/mol. The van der Waals surface area contributed by atoms with Crippen LogP contribution in [0.4, 0.5) is 13.2 Å². The third-order valence-electron chi connectivity index (χ3n) is 2.61. The molecule has 1 aromatic rings. The maximum atomic E-state index is 13.8. The molecule has 0 saturated heterocycles. The van der Waals surface area contributed by atoms with Gasteiger partial charge in [-0.15, -0.1) is 0 Å². The number of rotatable bonds is 1. The Morgan fingerprint density at radius 2 is 1.86 bits per heavy atom. The molecule has 0 amide bonds. The van der Waals surface area contributed by atoms with E-state index in [0.717, 1.165) is 12.1 Å². The monoisotopic (exact) mass is 201 g/mol. The van der Waals surface area contributed by atoms with E-state index in [1.807, 2.05) is 0 Å². The number of nitrogens with two attached hydrogens (primary N) is 1. The fraction of sp³-hybridized carbons (Fsp3) is 0.400. The van der Waals surface area contributed by atoms with Crippen molar-refractivity contribution >= 4 is 0 Å². The van der Waals surface area contributed by atoms with Crippen molar-refractivity contribution in [3.63, 3.8) is 0 Å². The van der Waals surface area contributed by atoms with Crippen LogP contribution in [0, 0.1) is 11.6 Å². The third-order valence-corrected chi connectivity index (χ3v) is 2.61. The minimum Gasteiger partial charge on any atom is -0.327 e. The van der Waals surface area contributed by atoms with Crippen LogP contribution in [-0.2, 0) is 5.67 Å². The lowest BCUT2D eigenvalue weighted by Crippen LogP contribution is -2.46. The molecule has 0 unspecified atom stereocenters. The highest BCUT2D eigenvalue weighted by Crippen LogP contribution is 2.44. The van der Waals surface area contributed by atoms with Crippen molar-refractivity contribution in [2.24, 2.45) is 5.73 Å². The molecule has 4 heteroatoms. The van der Waals surface area contributed by atoms with Crippen molar-refractivity contribution in [2.75, 3.05) is 0 Å². The molecule has 0 bridgehead atoms. The van der Waals surface area contributed by atoms with Crippen LogP contribution < -0.4 is 5.73 Å². The molecule has 76 valence electrons. The average molecular weight is 201 g/mol. The van der Waals surface area contributed by atoms with Crippen molar-refractivity contribution < 1.29 is 13.2 Å². The summed E-state index contributed by atoms with van der Waals surface area (Å²) >= 11 is 0. The summed E-state index contributed by atoms with van der Waals surface area (Å²) in [4.78, 5) is 0. The van der Waals surface area contributed by atoms with Gasteiger partial charge in [-0.05, 0) is 17.7 Å². The Morgan fingerprint density at radius 1 is 1.21 bits per heavy atom. The van der Waals surface area contributed by atoms with Gasteiger partial charge in [0.15, 0.2) is 11.6 Å². The van der Waals surface area contributed by atoms with Crippen molar-refractivity contribution in [2.45, 2.75) is 24.6 Å². The molecule has 1 nitrogen and oxygen atoms in total. The summed E-state index contributed by atoms with van der Waals surface area (Å²) in [6.45, 7) is 0. The molecule has 1 saturated carbocycles. The highest BCUT2D eigenvalue weighted by molar-refractivity contribution is 5.27. The van der Waals surface area contributed by atoms with Crippen molar-refractivity contribution in [1.82, 2.24) is 0 Å². The highest BCUT2D eigenvalue weighted by atomic mass is 19.2. The molecule has 2 rings (SSSR count). The smallest absolute Gasteiger partial charge is 0.159 e. The first-order chi connectivity index (χ1) is 6.51. The van der Waals surface area contributed by atoms with Gasteiger partial charge in [0.2, 0.25) is 0 Å². The molecule has 1 aliphatic carbocycles. The lowest BCUT2D eigenvalue weighted by Gasteiger charge is -2.39. The number of halogens is 3. The van der Waals surface area contributed by atoms with E-state index in [9.17, 15) is 13.2 Å². The van der Waals surface area contributed by atoms with Gasteiger partial charge in [0.25, 0.3) is 0 Å². The van der Waals surface area contributed by atoms with Crippen LogP contribution in [0.3, 0.4) is 0 Å². The normalized spacial score (nSPS) is 31.3. The summed E-state index contributed by atoms with van der Waals surface area (Å²) < 4.78 is 39.2. The summed E-state index contributed by atoms with van der Waals surface area (Å²) in [6, 6.07) is 2.94. The van der Waals surface area contributed by atoms with Gasteiger partial charge in [-0.3, -0.25) is 0 Å². The third kappa shape index (κ3) is 1.39. The maximum Gasteiger partial charge on any atom is 0.159 e. The summed E-state index contributed by atoms with van der Waals surface area (Å²) in [6.07, 6.45) is 0.357. The fourth-order valence-corrected chi connectivity index (χ4v) is 1.78. The number of alkyl halides is 1. The summed E-state index contributed by atoms with van der Waals surface area (Å²) in [5, 5.41) is 0. The maximum absolute atomic E-state index is 13.8. The Labute approximate surface area is 79.7 Å². The van der Waals surface area contributed by atoms with Crippen LogP contribution in [0.25, 0.3) is 0 Å². The summed E-state index contributed by atoms with van der Waals surface area (Å²) in [5.41, 5.74) is 4.07. The zero-order valence-electron chi connectivity index (χ0n) is 7.43. The molecule has 0 aromatic heterocycles. The molecule has 2 N–H and O–H groups in total. The molecular formula is C10H10F3N. The number of hydrogen-bond acceptors (Lipinski definition) is 1. The SMILES string of the molecule is NC1CC(F)(c2ccc(F)c(F)c2)C1. The van der Waals surface area contributed by atoms with Crippen LogP contribution in [0.2, 0.25) is 0 Å². The van der Waals surface area contributed by atoms with Gasteiger partial charge >= 0.3 is 0 Å². The van der Waals surface area contributed by atoms with Crippen LogP contribution in [0.1, 0.15) is 18.4 Å². The second-order valence-corrected chi connectivity index (χ2v) is 3.76. The minimum absolute atomic E-state index is 0.173. The molecule has 1 aliphatic rings. The fourth-order valence-electron chi connectivity index (χ4n) is 1.78. The Bertz CT molecular complexity index is 358. The van der Waals surface area contributed by atoms with Gasteiger partial charge in [0.05, 0.1) is 0 Å². The predicted octanol–water partition coefficient (Wildman–Crippen LogP) is 2.25. The first kappa shape index (κ1) is 9.52. The minimum atomic E-state index is -1.56. The van der Waals surface area contributed by atoms with E-state index in [0.29, 0.717) is 0 Å². The molecule has 1 aromatic carbocycles. The molecule has 0 heterocycles. The molecule has 14 heavy (non-hydrogen) atoms. The Hall–Kier alpha value is -1.03. The van der Waals surface area contributed by atoms with Crippen molar-refractivity contribution in [3.05, 3.63) is 35.4 Å². The van der Waals surface area contributed by atoms with E-state index in [-0.39, 0.29) is 24.4 Å². The Morgan fingerprint density at radius 3 is 2.36 bits per heavy atom. The van der Waals surface area contributed by atoms with E-state index < -0.39 is 17.3 Å². The zero-order chi connectivity index (χ0) is 10.3. The Balaban J connectivity index is 2.29. The topological polar surface area (TPSA) is 26.0 Å². The van der Waals surface area contributed by atoms with E-state index in [2.05, 4.69) is 0 Å². The molecule has 0 spiro atoms. The second kappa shape index (κ2) is 2.98. The van der Waals surface area contributed by atoms with Crippen LogP contribution in [-0.4, -0.2) is 6.04 Å². The first-order valence-electron chi connectivity index (χ1n) is 4.41. The van der Waals surface area contributed by atoms with Crippen molar-refractivity contribution in [3.8, 4) is 0 Å². The molecular weight excluding hydrogens is 191 g/mol. The van der Waals surface area contributed by atoms with Crippen LogP contribution in [0.5, 0.6) is 0 Å². The first-order valence-corrected chi connectivity index (χ1v) is 4.41. The van der Waals surface area contributed by atoms with Crippen molar-refractivity contribution in [1.29, 1.82) is 0 Å². The molecule has 0 atom stereocenters. The number of benzene rings is 1. The standard InChI is InChI=1S/C10H10F3N/c11-8-2-1-6(3-9(8)12)10(13)4-7(14)5-10/h1-3,7H,4-5,14H2. The molecule has 0 radical (unpaired) electrons. The highest BCUT2D eigenvalue weighted by Gasteiger charge is 2.44. The van der Waals surface area contributed by atoms with Gasteiger partial charge in [0.1, 0.15) is 5.67 Å². The quantitative estimate of drug-likeness (QED) is 0.740. The lowest BCUT2D eigenvalue weighted by molar-refractivity contribution is 0.0401. The van der Waals surface area contributed by atoms with Gasteiger partial charge in [-0.2, -0.15) is 0 Å². The molecule has 1 fully saturated rings. The summed E-state index contributed by atoms with van der Waals surface area (Å²) in [5.74, 6) is -1.97. The second-order valence-electron chi connectivity index (χ2n) is 3.76. The van der Waals surface area contributed by atoms with Gasteiger partial charge < -0.3 is 5.73 Å². The van der Waals surface area contributed by atoms with E-state index >= 15 is 0 Å². The number of hydrogen-bond donors (Lipinski definition) is 1. The van der Waals surface area contributed by atoms with E-state index in [1.54, 1.807) is 0 Å². The zero-order valence-corrected chi connectivity index (χ0v) is 7.43. The Kier molecular flexibility index (Phi) is 2.03. The summed E-state index contributed by atoms with van der Waals surface area (Å²) in [7, 11) is 0. The van der Waals surface area contributed by atoms with E-state index in [4.69, 9.17) is 5.73 Å². The van der Waals surface area contributed by atoms with Crippen LogP contribution in [0.15, 0.2) is 18.2 Å². The average Bonchev–Trinajstić information content (AvgIpc) is 2.07. The largest absolute Gasteiger partial charge is 0.327 e.